The number of carbonyl (C=O) groups excluding carboxylic acids is 1. The van der Waals surface area contributed by atoms with Gasteiger partial charge < -0.3 is 25.0 Å². The Morgan fingerprint density at radius 3 is 2.61 bits per heavy atom. The van der Waals surface area contributed by atoms with Crippen LogP contribution < -0.4 is 10.6 Å². The van der Waals surface area contributed by atoms with Gasteiger partial charge in [-0.2, -0.15) is 0 Å². The van der Waals surface area contributed by atoms with Crippen LogP contribution in [0.2, 0.25) is 0 Å². The average Bonchev–Trinajstić information content (AvgIpc) is 2.72. The number of hydrogen-bond acceptors (Lipinski definition) is 4. The summed E-state index contributed by atoms with van der Waals surface area (Å²) in [6.45, 7) is 4.09. The Kier molecular flexibility index (Phi) is 9.71. The van der Waals surface area contributed by atoms with Crippen molar-refractivity contribution in [2.75, 3.05) is 53.6 Å². The van der Waals surface area contributed by atoms with Crippen molar-refractivity contribution >= 4 is 11.9 Å². The normalized spacial score (nSPS) is 15.5. The molecule has 7 nitrogen and oxygen atoms in total. The Morgan fingerprint density at radius 2 is 1.93 bits per heavy atom. The summed E-state index contributed by atoms with van der Waals surface area (Å²) in [6, 6.07) is 5.95. The molecule has 156 valence electrons. The van der Waals surface area contributed by atoms with Crippen molar-refractivity contribution in [3.05, 3.63) is 35.6 Å². The Bertz CT molecular complexity index is 634. The largest absolute Gasteiger partial charge is 0.385 e. The highest BCUT2D eigenvalue weighted by atomic mass is 19.1. The molecule has 0 atom stereocenters. The van der Waals surface area contributed by atoms with Crippen molar-refractivity contribution < 1.29 is 18.7 Å². The molecule has 1 amide bonds. The van der Waals surface area contributed by atoms with Crippen molar-refractivity contribution in [1.82, 2.24) is 15.5 Å². The van der Waals surface area contributed by atoms with E-state index in [1.807, 2.05) is 0 Å². The SMILES string of the molecule is CN=C(NCCNC(=O)c1ccccc1F)N1CCC(OCCCOC)CC1. The first-order chi connectivity index (χ1) is 13.7. The zero-order chi connectivity index (χ0) is 20.2. The summed E-state index contributed by atoms with van der Waals surface area (Å²) in [5.41, 5.74) is 0.0550. The number of benzene rings is 1. The van der Waals surface area contributed by atoms with Crippen molar-refractivity contribution in [2.24, 2.45) is 4.99 Å². The zero-order valence-corrected chi connectivity index (χ0v) is 16.7. The quantitative estimate of drug-likeness (QED) is 0.378. The minimum atomic E-state index is -0.518. The number of amides is 1. The van der Waals surface area contributed by atoms with Crippen LogP contribution in [0, 0.1) is 5.82 Å². The molecule has 0 unspecified atom stereocenters. The number of ether oxygens (including phenoxy) is 2. The standard InChI is InChI=1S/C20H31FN4O3/c1-22-20(25-12-8-16(9-13-25)28-15-5-14-27-2)24-11-10-23-19(26)17-6-3-4-7-18(17)21/h3-4,6-7,16H,5,8-15H2,1-2H3,(H,22,24)(H,23,26). The van der Waals surface area contributed by atoms with Crippen LogP contribution in [0.1, 0.15) is 29.6 Å². The minimum Gasteiger partial charge on any atom is -0.385 e. The molecule has 0 spiro atoms. The third-order valence-electron chi connectivity index (χ3n) is 4.61. The average molecular weight is 394 g/mol. The molecule has 1 fully saturated rings. The van der Waals surface area contributed by atoms with Gasteiger partial charge in [0.25, 0.3) is 5.91 Å². The van der Waals surface area contributed by atoms with Gasteiger partial charge in [0, 0.05) is 53.6 Å². The maximum atomic E-state index is 13.6. The lowest BCUT2D eigenvalue weighted by Crippen LogP contribution is -2.48. The molecule has 0 saturated carbocycles. The van der Waals surface area contributed by atoms with Gasteiger partial charge in [-0.1, -0.05) is 12.1 Å². The number of piperidine rings is 1. The highest BCUT2D eigenvalue weighted by Crippen LogP contribution is 2.14. The number of nitrogens with zero attached hydrogens (tertiary/aromatic N) is 2. The highest BCUT2D eigenvalue weighted by molar-refractivity contribution is 5.94. The van der Waals surface area contributed by atoms with E-state index >= 15 is 0 Å². The fourth-order valence-electron chi connectivity index (χ4n) is 3.11. The van der Waals surface area contributed by atoms with Gasteiger partial charge in [0.2, 0.25) is 0 Å². The Morgan fingerprint density at radius 1 is 1.21 bits per heavy atom. The molecule has 1 aliphatic heterocycles. The summed E-state index contributed by atoms with van der Waals surface area (Å²) in [7, 11) is 3.44. The molecule has 0 aromatic heterocycles. The molecule has 1 aliphatic rings. The van der Waals surface area contributed by atoms with Gasteiger partial charge in [-0.25, -0.2) is 4.39 Å². The van der Waals surface area contributed by atoms with Crippen LogP contribution in [0.15, 0.2) is 29.3 Å². The van der Waals surface area contributed by atoms with Crippen molar-refractivity contribution in [3.63, 3.8) is 0 Å². The lowest BCUT2D eigenvalue weighted by atomic mass is 10.1. The topological polar surface area (TPSA) is 75.2 Å². The van der Waals surface area contributed by atoms with Gasteiger partial charge >= 0.3 is 0 Å². The number of carbonyl (C=O) groups is 1. The van der Waals surface area contributed by atoms with Gasteiger partial charge in [-0.15, -0.1) is 0 Å². The summed E-state index contributed by atoms with van der Waals surface area (Å²) >= 11 is 0. The van der Waals surface area contributed by atoms with E-state index in [-0.39, 0.29) is 11.7 Å². The number of rotatable bonds is 9. The van der Waals surface area contributed by atoms with E-state index in [2.05, 4.69) is 20.5 Å². The number of aliphatic imine (C=N–C) groups is 1. The van der Waals surface area contributed by atoms with Crippen LogP contribution in [0.4, 0.5) is 4.39 Å². The van der Waals surface area contributed by atoms with Gasteiger partial charge in [-0.05, 0) is 31.4 Å². The van der Waals surface area contributed by atoms with E-state index in [9.17, 15) is 9.18 Å². The van der Waals surface area contributed by atoms with E-state index in [1.165, 1.54) is 12.1 Å². The van der Waals surface area contributed by atoms with Crippen LogP contribution in [0.3, 0.4) is 0 Å². The molecular weight excluding hydrogens is 363 g/mol. The summed E-state index contributed by atoms with van der Waals surface area (Å²) < 4.78 is 24.5. The fourth-order valence-corrected chi connectivity index (χ4v) is 3.11. The monoisotopic (exact) mass is 394 g/mol. The lowest BCUT2D eigenvalue weighted by Gasteiger charge is -2.34. The molecule has 28 heavy (non-hydrogen) atoms. The Balaban J connectivity index is 1.65. The smallest absolute Gasteiger partial charge is 0.254 e. The van der Waals surface area contributed by atoms with Crippen molar-refractivity contribution in [3.8, 4) is 0 Å². The second-order valence-electron chi connectivity index (χ2n) is 6.61. The number of methoxy groups -OCH3 is 1. The first kappa shape index (κ1) is 22.1. The maximum Gasteiger partial charge on any atom is 0.254 e. The second-order valence-corrected chi connectivity index (χ2v) is 6.61. The first-order valence-corrected chi connectivity index (χ1v) is 9.74. The van der Waals surface area contributed by atoms with Crippen LogP contribution in [-0.2, 0) is 9.47 Å². The molecule has 2 N–H and O–H groups in total. The zero-order valence-electron chi connectivity index (χ0n) is 16.7. The first-order valence-electron chi connectivity index (χ1n) is 9.74. The third kappa shape index (κ3) is 7.09. The molecule has 0 radical (unpaired) electrons. The second kappa shape index (κ2) is 12.3. The number of halogens is 1. The number of hydrogen-bond donors (Lipinski definition) is 2. The van der Waals surface area contributed by atoms with Gasteiger partial charge in [0.05, 0.1) is 11.7 Å². The van der Waals surface area contributed by atoms with E-state index in [4.69, 9.17) is 9.47 Å². The van der Waals surface area contributed by atoms with Crippen molar-refractivity contribution in [1.29, 1.82) is 0 Å². The highest BCUT2D eigenvalue weighted by Gasteiger charge is 2.21. The van der Waals surface area contributed by atoms with Crippen LogP contribution in [-0.4, -0.2) is 76.4 Å². The molecular formula is C20H31FN4O3. The fraction of sp³-hybridized carbons (Fsp3) is 0.600. The van der Waals surface area contributed by atoms with E-state index < -0.39 is 11.7 Å². The Hall–Kier alpha value is -2.19. The molecule has 0 bridgehead atoms. The number of likely N-dealkylation sites (tertiary alicyclic amines) is 1. The van der Waals surface area contributed by atoms with Crippen LogP contribution in [0.5, 0.6) is 0 Å². The minimum absolute atomic E-state index is 0.0550. The summed E-state index contributed by atoms with van der Waals surface area (Å²) in [5.74, 6) is -0.129. The van der Waals surface area contributed by atoms with E-state index in [0.29, 0.717) is 13.1 Å². The molecule has 1 aromatic carbocycles. The van der Waals surface area contributed by atoms with Gasteiger partial charge in [0.15, 0.2) is 5.96 Å². The molecule has 8 heteroatoms. The molecule has 1 aromatic rings. The Labute approximate surface area is 166 Å². The molecule has 1 heterocycles. The van der Waals surface area contributed by atoms with E-state index in [0.717, 1.165) is 51.5 Å². The molecule has 1 saturated heterocycles. The summed E-state index contributed by atoms with van der Waals surface area (Å²) in [6.07, 6.45) is 3.11. The van der Waals surface area contributed by atoms with Crippen molar-refractivity contribution in [2.45, 2.75) is 25.4 Å². The van der Waals surface area contributed by atoms with Gasteiger partial charge in [0.1, 0.15) is 5.82 Å². The predicted octanol–water partition coefficient (Wildman–Crippen LogP) is 1.65. The van der Waals surface area contributed by atoms with Gasteiger partial charge in [-0.3, -0.25) is 9.79 Å². The van der Waals surface area contributed by atoms with Crippen LogP contribution in [0.25, 0.3) is 0 Å². The van der Waals surface area contributed by atoms with Crippen LogP contribution >= 0.6 is 0 Å². The lowest BCUT2D eigenvalue weighted by molar-refractivity contribution is 0.00991. The predicted molar refractivity (Wildman–Crippen MR) is 107 cm³/mol. The third-order valence-corrected chi connectivity index (χ3v) is 4.61. The molecule has 2 rings (SSSR count). The van der Waals surface area contributed by atoms with E-state index in [1.54, 1.807) is 26.3 Å². The number of nitrogens with one attached hydrogen (secondary N) is 2. The number of guanidine groups is 1. The summed E-state index contributed by atoms with van der Waals surface area (Å²) in [4.78, 5) is 18.5. The maximum absolute atomic E-state index is 13.6. The molecule has 0 aliphatic carbocycles. The summed E-state index contributed by atoms with van der Waals surface area (Å²) in [5, 5.41) is 5.96.